The van der Waals surface area contributed by atoms with Crippen LogP contribution in [0.1, 0.15) is 26.7 Å². The molecule has 0 bridgehead atoms. The molecule has 1 rings (SSSR count). The molecule has 1 amide bonds. The molecule has 0 aromatic carbocycles. The molecule has 92 valence electrons. The molecular formula is C11H18BrNO3. The van der Waals surface area contributed by atoms with Crippen LogP contribution in [0.4, 0.5) is 4.79 Å². The van der Waals surface area contributed by atoms with Crippen molar-refractivity contribution in [3.63, 3.8) is 0 Å². The van der Waals surface area contributed by atoms with E-state index in [-0.39, 0.29) is 17.9 Å². The molecule has 4 nitrogen and oxygen atoms in total. The van der Waals surface area contributed by atoms with Crippen molar-refractivity contribution >= 4 is 27.8 Å². The minimum atomic E-state index is -0.367. The predicted molar refractivity (Wildman–Crippen MR) is 64.7 cm³/mol. The fourth-order valence-electron chi connectivity index (χ4n) is 1.96. The fraction of sp³-hybridized carbons (Fsp3) is 0.818. The summed E-state index contributed by atoms with van der Waals surface area (Å²) in [6, 6.07) is -0.317. The third-order valence-electron chi connectivity index (χ3n) is 2.87. The zero-order valence-electron chi connectivity index (χ0n) is 9.74. The summed E-state index contributed by atoms with van der Waals surface area (Å²) in [5, 5.41) is 0.292. The molecule has 1 aliphatic heterocycles. The summed E-state index contributed by atoms with van der Waals surface area (Å²) in [4.78, 5) is 25.0. The van der Waals surface area contributed by atoms with Gasteiger partial charge < -0.3 is 4.74 Å². The van der Waals surface area contributed by atoms with Gasteiger partial charge in [-0.25, -0.2) is 4.79 Å². The maximum absolute atomic E-state index is 11.7. The van der Waals surface area contributed by atoms with Crippen LogP contribution in [0.3, 0.4) is 0 Å². The van der Waals surface area contributed by atoms with E-state index >= 15 is 0 Å². The number of likely N-dealkylation sites (tertiary alicyclic amines) is 1. The summed E-state index contributed by atoms with van der Waals surface area (Å²) in [6.45, 7) is 4.84. The van der Waals surface area contributed by atoms with E-state index in [1.54, 1.807) is 11.8 Å². The molecule has 2 atom stereocenters. The van der Waals surface area contributed by atoms with Crippen LogP contribution in [-0.2, 0) is 9.53 Å². The van der Waals surface area contributed by atoms with Crippen molar-refractivity contribution in [3.8, 4) is 0 Å². The number of hydrogen-bond acceptors (Lipinski definition) is 3. The van der Waals surface area contributed by atoms with Gasteiger partial charge in [0.05, 0.1) is 18.0 Å². The number of carbonyl (C=O) groups is 2. The number of Topliss-reactive ketones (excluding diaryl/α,β-unsaturated/α-hetero) is 1. The SMILES string of the molecule is CCOC(=O)N1CCC(C)CC1C(=O)CBr. The van der Waals surface area contributed by atoms with Gasteiger partial charge in [-0.1, -0.05) is 22.9 Å². The second kappa shape index (κ2) is 6.23. The number of carbonyl (C=O) groups excluding carboxylic acids is 2. The Morgan fingerprint density at radius 3 is 2.75 bits per heavy atom. The number of halogens is 1. The summed E-state index contributed by atoms with van der Waals surface area (Å²) in [6.07, 6.45) is 1.31. The molecule has 0 radical (unpaired) electrons. The molecule has 1 saturated heterocycles. The van der Waals surface area contributed by atoms with Crippen molar-refractivity contribution in [2.24, 2.45) is 5.92 Å². The topological polar surface area (TPSA) is 46.6 Å². The van der Waals surface area contributed by atoms with Gasteiger partial charge in [-0.2, -0.15) is 0 Å². The van der Waals surface area contributed by atoms with Crippen molar-refractivity contribution in [1.82, 2.24) is 4.90 Å². The predicted octanol–water partition coefficient (Wildman–Crippen LogP) is 2.21. The molecule has 0 saturated carbocycles. The Balaban J connectivity index is 2.71. The minimum Gasteiger partial charge on any atom is -0.450 e. The van der Waals surface area contributed by atoms with E-state index in [2.05, 4.69) is 22.9 Å². The van der Waals surface area contributed by atoms with Crippen molar-refractivity contribution in [2.75, 3.05) is 18.5 Å². The lowest BCUT2D eigenvalue weighted by atomic mass is 9.91. The van der Waals surface area contributed by atoms with E-state index in [1.807, 2.05) is 0 Å². The Kier molecular flexibility index (Phi) is 5.25. The molecule has 0 N–H and O–H groups in total. The molecule has 16 heavy (non-hydrogen) atoms. The number of nitrogens with zero attached hydrogens (tertiary/aromatic N) is 1. The first-order valence-corrected chi connectivity index (χ1v) is 6.74. The number of hydrogen-bond donors (Lipinski definition) is 0. The van der Waals surface area contributed by atoms with Crippen LogP contribution in [0.15, 0.2) is 0 Å². The highest BCUT2D eigenvalue weighted by Gasteiger charge is 2.34. The Hall–Kier alpha value is -0.580. The van der Waals surface area contributed by atoms with Crippen LogP contribution < -0.4 is 0 Å². The Bertz CT molecular complexity index is 270. The van der Waals surface area contributed by atoms with Crippen LogP contribution in [0.25, 0.3) is 0 Å². The van der Waals surface area contributed by atoms with Gasteiger partial charge in [0, 0.05) is 6.54 Å². The van der Waals surface area contributed by atoms with Crippen molar-refractivity contribution < 1.29 is 14.3 Å². The molecule has 0 aromatic rings. The van der Waals surface area contributed by atoms with Crippen molar-refractivity contribution in [2.45, 2.75) is 32.7 Å². The number of amides is 1. The second-order valence-electron chi connectivity index (χ2n) is 4.14. The molecule has 0 aliphatic carbocycles. The third kappa shape index (κ3) is 3.20. The molecule has 5 heteroatoms. The van der Waals surface area contributed by atoms with Crippen LogP contribution >= 0.6 is 15.9 Å². The largest absolute Gasteiger partial charge is 0.450 e. The highest BCUT2D eigenvalue weighted by molar-refractivity contribution is 9.09. The van der Waals surface area contributed by atoms with E-state index in [1.165, 1.54) is 0 Å². The lowest BCUT2D eigenvalue weighted by molar-refractivity contribution is -0.122. The zero-order valence-corrected chi connectivity index (χ0v) is 11.3. The number of rotatable bonds is 3. The van der Waals surface area contributed by atoms with Gasteiger partial charge in [-0.05, 0) is 25.7 Å². The van der Waals surface area contributed by atoms with Gasteiger partial charge in [0.15, 0.2) is 5.78 Å². The summed E-state index contributed by atoms with van der Waals surface area (Å²) >= 11 is 3.16. The van der Waals surface area contributed by atoms with Crippen molar-refractivity contribution in [1.29, 1.82) is 0 Å². The fourth-order valence-corrected chi connectivity index (χ4v) is 2.33. The molecular weight excluding hydrogens is 274 g/mol. The van der Waals surface area contributed by atoms with Crippen LogP contribution in [-0.4, -0.2) is 41.3 Å². The normalized spacial score (nSPS) is 25.3. The van der Waals surface area contributed by atoms with E-state index in [0.717, 1.165) is 12.8 Å². The summed E-state index contributed by atoms with van der Waals surface area (Å²) in [5.74, 6) is 0.540. The van der Waals surface area contributed by atoms with Gasteiger partial charge in [-0.15, -0.1) is 0 Å². The quantitative estimate of drug-likeness (QED) is 0.749. The molecule has 0 spiro atoms. The maximum Gasteiger partial charge on any atom is 0.410 e. The minimum absolute atomic E-state index is 0.0552. The van der Waals surface area contributed by atoms with Crippen molar-refractivity contribution in [3.05, 3.63) is 0 Å². The number of alkyl halides is 1. The standard InChI is InChI=1S/C11H18BrNO3/c1-3-16-11(15)13-5-4-8(2)6-9(13)10(14)7-12/h8-9H,3-7H2,1-2H3. The smallest absolute Gasteiger partial charge is 0.410 e. The number of ketones is 1. The van der Waals surface area contributed by atoms with Gasteiger partial charge in [0.2, 0.25) is 0 Å². The van der Waals surface area contributed by atoms with E-state index < -0.39 is 0 Å². The Morgan fingerprint density at radius 1 is 1.50 bits per heavy atom. The summed E-state index contributed by atoms with van der Waals surface area (Å²) in [5.41, 5.74) is 0. The van der Waals surface area contributed by atoms with Crippen LogP contribution in [0.5, 0.6) is 0 Å². The molecule has 1 heterocycles. The van der Waals surface area contributed by atoms with Gasteiger partial charge in [0.1, 0.15) is 0 Å². The Labute approximate surface area is 104 Å². The van der Waals surface area contributed by atoms with Gasteiger partial charge >= 0.3 is 6.09 Å². The first kappa shape index (κ1) is 13.5. The molecule has 1 aliphatic rings. The maximum atomic E-state index is 11.7. The van der Waals surface area contributed by atoms with Gasteiger partial charge in [-0.3, -0.25) is 9.69 Å². The first-order valence-electron chi connectivity index (χ1n) is 5.62. The molecule has 2 unspecified atom stereocenters. The monoisotopic (exact) mass is 291 g/mol. The average Bonchev–Trinajstić information content (AvgIpc) is 2.28. The van der Waals surface area contributed by atoms with E-state index in [4.69, 9.17) is 4.74 Å². The first-order chi connectivity index (χ1) is 7.60. The average molecular weight is 292 g/mol. The highest BCUT2D eigenvalue weighted by atomic mass is 79.9. The van der Waals surface area contributed by atoms with E-state index in [9.17, 15) is 9.59 Å². The Morgan fingerprint density at radius 2 is 2.19 bits per heavy atom. The zero-order chi connectivity index (χ0) is 12.1. The second-order valence-corrected chi connectivity index (χ2v) is 4.70. The van der Waals surface area contributed by atoms with Crippen LogP contribution in [0, 0.1) is 5.92 Å². The lowest BCUT2D eigenvalue weighted by Crippen LogP contribution is -2.50. The highest BCUT2D eigenvalue weighted by Crippen LogP contribution is 2.24. The molecule has 0 aromatic heterocycles. The van der Waals surface area contributed by atoms with E-state index in [0.29, 0.717) is 24.4 Å². The lowest BCUT2D eigenvalue weighted by Gasteiger charge is -2.36. The third-order valence-corrected chi connectivity index (χ3v) is 3.42. The van der Waals surface area contributed by atoms with Crippen LogP contribution in [0.2, 0.25) is 0 Å². The summed E-state index contributed by atoms with van der Waals surface area (Å²) in [7, 11) is 0. The van der Waals surface area contributed by atoms with Gasteiger partial charge in [0.25, 0.3) is 0 Å². The number of piperidine rings is 1. The molecule has 1 fully saturated rings. The number of ether oxygens (including phenoxy) is 1. The summed E-state index contributed by atoms with van der Waals surface area (Å²) < 4.78 is 4.96.